The van der Waals surface area contributed by atoms with Crippen LogP contribution in [-0.4, -0.2) is 32.0 Å². The molecule has 1 unspecified atom stereocenters. The van der Waals surface area contributed by atoms with E-state index in [0.717, 1.165) is 33.3 Å². The van der Waals surface area contributed by atoms with Crippen LogP contribution in [0.15, 0.2) is 66.7 Å². The molecule has 5 heteroatoms. The molecule has 0 aliphatic carbocycles. The minimum atomic E-state index is -0.109. The average Bonchev–Trinajstić information content (AvgIpc) is 2.73. The van der Waals surface area contributed by atoms with Gasteiger partial charge >= 0.3 is 0 Å². The highest BCUT2D eigenvalue weighted by molar-refractivity contribution is 6.02. The van der Waals surface area contributed by atoms with Crippen LogP contribution in [0.25, 0.3) is 10.8 Å². The zero-order chi connectivity index (χ0) is 21.5. The lowest BCUT2D eigenvalue weighted by Crippen LogP contribution is -3.11. The van der Waals surface area contributed by atoms with Crippen LogP contribution in [0.1, 0.15) is 30.5 Å². The van der Waals surface area contributed by atoms with Gasteiger partial charge in [0.1, 0.15) is 0 Å². The number of fused-ring (bicyclic) bond motifs is 1. The molecule has 0 saturated carbocycles. The highest BCUT2D eigenvalue weighted by Crippen LogP contribution is 2.22. The largest absolute Gasteiger partial charge is 0.344 e. The summed E-state index contributed by atoms with van der Waals surface area (Å²) in [6, 6.07) is 22.0. The average molecular weight is 405 g/mol. The Bertz CT molecular complexity index is 1010. The van der Waals surface area contributed by atoms with E-state index in [9.17, 15) is 9.59 Å². The molecule has 156 valence electrons. The lowest BCUT2D eigenvalue weighted by Gasteiger charge is -2.19. The van der Waals surface area contributed by atoms with Crippen molar-refractivity contribution in [3.05, 3.63) is 77.9 Å². The number of aryl methyl sites for hydroxylation is 1. The van der Waals surface area contributed by atoms with Crippen LogP contribution in [-0.2, 0) is 9.59 Å². The zero-order valence-electron chi connectivity index (χ0n) is 17.9. The van der Waals surface area contributed by atoms with Crippen molar-refractivity contribution in [3.8, 4) is 0 Å². The molecule has 0 heterocycles. The SMILES string of the molecule is CC[C@H](NC(=O)C[NH+](C)CC(=O)Nc1cccc2ccccc12)c1ccc(C)cc1. The Morgan fingerprint density at radius 3 is 2.30 bits per heavy atom. The number of rotatable bonds is 8. The molecule has 2 amide bonds. The molecule has 0 aromatic heterocycles. The summed E-state index contributed by atoms with van der Waals surface area (Å²) in [7, 11) is 1.86. The van der Waals surface area contributed by atoms with Gasteiger partial charge in [0.05, 0.1) is 13.1 Å². The number of hydrogen-bond donors (Lipinski definition) is 3. The first-order valence-electron chi connectivity index (χ1n) is 10.4. The summed E-state index contributed by atoms with van der Waals surface area (Å²) in [6.07, 6.45) is 0.815. The summed E-state index contributed by atoms with van der Waals surface area (Å²) in [6.45, 7) is 4.56. The van der Waals surface area contributed by atoms with Crippen molar-refractivity contribution in [3.63, 3.8) is 0 Å². The van der Waals surface area contributed by atoms with E-state index in [-0.39, 0.29) is 30.9 Å². The summed E-state index contributed by atoms with van der Waals surface area (Å²) in [5, 5.41) is 8.16. The van der Waals surface area contributed by atoms with E-state index in [1.165, 1.54) is 5.56 Å². The third-order valence-corrected chi connectivity index (χ3v) is 5.21. The van der Waals surface area contributed by atoms with Crippen LogP contribution >= 0.6 is 0 Å². The molecule has 5 nitrogen and oxygen atoms in total. The van der Waals surface area contributed by atoms with Gasteiger partial charge in [-0.3, -0.25) is 9.59 Å². The highest BCUT2D eigenvalue weighted by atomic mass is 16.2. The van der Waals surface area contributed by atoms with E-state index in [2.05, 4.69) is 41.8 Å². The molecule has 0 radical (unpaired) electrons. The predicted octanol–water partition coefficient (Wildman–Crippen LogP) is 2.87. The molecule has 0 aliphatic heterocycles. The zero-order valence-corrected chi connectivity index (χ0v) is 17.9. The Kier molecular flexibility index (Phi) is 7.20. The molecular weight excluding hydrogens is 374 g/mol. The first-order chi connectivity index (χ1) is 14.5. The van der Waals surface area contributed by atoms with E-state index in [1.807, 2.05) is 56.4 Å². The Morgan fingerprint density at radius 2 is 1.57 bits per heavy atom. The van der Waals surface area contributed by atoms with Crippen LogP contribution in [0.2, 0.25) is 0 Å². The molecule has 3 aromatic rings. The second-order valence-electron chi connectivity index (χ2n) is 7.82. The molecule has 0 saturated heterocycles. The maximum absolute atomic E-state index is 12.5. The van der Waals surface area contributed by atoms with Crippen molar-refractivity contribution in [2.45, 2.75) is 26.3 Å². The minimum absolute atomic E-state index is 0.0181. The van der Waals surface area contributed by atoms with Gasteiger partial charge in [-0.05, 0) is 30.4 Å². The molecule has 2 atom stereocenters. The molecule has 3 aromatic carbocycles. The number of carbonyl (C=O) groups excluding carboxylic acids is 2. The first kappa shape index (κ1) is 21.5. The van der Waals surface area contributed by atoms with Gasteiger partial charge in [0.15, 0.2) is 13.1 Å². The maximum Gasteiger partial charge on any atom is 0.279 e. The van der Waals surface area contributed by atoms with Gasteiger partial charge in [-0.1, -0.05) is 73.2 Å². The van der Waals surface area contributed by atoms with Crippen molar-refractivity contribution in [1.82, 2.24) is 5.32 Å². The predicted molar refractivity (Wildman–Crippen MR) is 122 cm³/mol. The Balaban J connectivity index is 1.53. The molecule has 3 N–H and O–H groups in total. The van der Waals surface area contributed by atoms with Crippen LogP contribution in [0, 0.1) is 6.92 Å². The van der Waals surface area contributed by atoms with E-state index < -0.39 is 0 Å². The number of likely N-dealkylation sites (N-methyl/N-ethyl adjacent to an activating group) is 1. The Labute approximate surface area is 178 Å². The molecule has 0 bridgehead atoms. The number of carbonyl (C=O) groups is 2. The molecular formula is C25H30N3O2+. The molecule has 0 spiro atoms. The maximum atomic E-state index is 12.5. The summed E-state index contributed by atoms with van der Waals surface area (Å²) in [5.41, 5.74) is 3.09. The number of amides is 2. The number of anilines is 1. The molecule has 3 rings (SSSR count). The molecule has 0 fully saturated rings. The third-order valence-electron chi connectivity index (χ3n) is 5.21. The van der Waals surface area contributed by atoms with Gasteiger partial charge in [0, 0.05) is 11.1 Å². The van der Waals surface area contributed by atoms with Crippen molar-refractivity contribution in [1.29, 1.82) is 0 Å². The Hall–Kier alpha value is -3.18. The monoisotopic (exact) mass is 404 g/mol. The second kappa shape index (κ2) is 10.0. The second-order valence-corrected chi connectivity index (χ2v) is 7.82. The smallest absolute Gasteiger partial charge is 0.279 e. The van der Waals surface area contributed by atoms with Gasteiger partial charge in [0.2, 0.25) is 0 Å². The van der Waals surface area contributed by atoms with Gasteiger partial charge in [-0.15, -0.1) is 0 Å². The van der Waals surface area contributed by atoms with Crippen LogP contribution < -0.4 is 15.5 Å². The number of quaternary nitrogens is 1. The van der Waals surface area contributed by atoms with Gasteiger partial charge in [0.25, 0.3) is 11.8 Å². The first-order valence-corrected chi connectivity index (χ1v) is 10.4. The van der Waals surface area contributed by atoms with Gasteiger partial charge in [-0.25, -0.2) is 0 Å². The molecule has 30 heavy (non-hydrogen) atoms. The van der Waals surface area contributed by atoms with E-state index in [4.69, 9.17) is 0 Å². The highest BCUT2D eigenvalue weighted by Gasteiger charge is 2.18. The van der Waals surface area contributed by atoms with Crippen LogP contribution in [0.4, 0.5) is 5.69 Å². The van der Waals surface area contributed by atoms with Gasteiger partial charge < -0.3 is 15.5 Å². The van der Waals surface area contributed by atoms with Crippen molar-refractivity contribution in [2.75, 3.05) is 25.5 Å². The fourth-order valence-electron chi connectivity index (χ4n) is 3.60. The van der Waals surface area contributed by atoms with Crippen LogP contribution in [0.3, 0.4) is 0 Å². The molecule has 0 aliphatic rings. The third kappa shape index (κ3) is 5.67. The number of nitrogens with one attached hydrogen (secondary N) is 3. The standard InChI is InChI=1S/C25H29N3O2/c1-4-22(20-14-12-18(2)13-15-20)26-24(29)16-28(3)17-25(30)27-23-11-7-9-19-8-5-6-10-21(19)23/h5-15,22H,4,16-17H2,1-3H3,(H,26,29)(H,27,30)/p+1/t22-/m0/s1. The minimum Gasteiger partial charge on any atom is -0.344 e. The normalized spacial score (nSPS) is 12.9. The summed E-state index contributed by atoms with van der Waals surface area (Å²) in [5.74, 6) is -0.167. The van der Waals surface area contributed by atoms with Gasteiger partial charge in [-0.2, -0.15) is 0 Å². The lowest BCUT2D eigenvalue weighted by molar-refractivity contribution is -0.862. The fourth-order valence-corrected chi connectivity index (χ4v) is 3.60. The quantitative estimate of drug-likeness (QED) is 0.541. The van der Waals surface area contributed by atoms with Crippen LogP contribution in [0.5, 0.6) is 0 Å². The lowest BCUT2D eigenvalue weighted by atomic mass is 10.0. The summed E-state index contributed by atoms with van der Waals surface area (Å²) >= 11 is 0. The van der Waals surface area contributed by atoms with Crippen molar-refractivity contribution < 1.29 is 14.5 Å². The van der Waals surface area contributed by atoms with Crippen molar-refractivity contribution >= 4 is 28.3 Å². The van der Waals surface area contributed by atoms with Crippen molar-refractivity contribution in [2.24, 2.45) is 0 Å². The topological polar surface area (TPSA) is 62.6 Å². The number of hydrogen-bond acceptors (Lipinski definition) is 2. The van der Waals surface area contributed by atoms with E-state index >= 15 is 0 Å². The summed E-state index contributed by atoms with van der Waals surface area (Å²) < 4.78 is 0. The van der Waals surface area contributed by atoms with E-state index in [0.29, 0.717) is 0 Å². The Morgan fingerprint density at radius 1 is 0.900 bits per heavy atom. The number of benzene rings is 3. The fraction of sp³-hybridized carbons (Fsp3) is 0.280. The summed E-state index contributed by atoms with van der Waals surface area (Å²) in [4.78, 5) is 25.9. The van der Waals surface area contributed by atoms with E-state index in [1.54, 1.807) is 0 Å².